The first-order valence-electron chi connectivity index (χ1n) is 8.35. The summed E-state index contributed by atoms with van der Waals surface area (Å²) in [6.45, 7) is 7.24. The molecule has 3 heteroatoms. The Kier molecular flexibility index (Phi) is 4.81. The minimum Gasteiger partial charge on any atom is -0.497 e. The van der Waals surface area contributed by atoms with Crippen LogP contribution in [-0.2, 0) is 0 Å². The summed E-state index contributed by atoms with van der Waals surface area (Å²) in [6.07, 6.45) is 3.98. The molecule has 0 spiro atoms. The second kappa shape index (κ2) is 6.80. The number of methoxy groups -OCH3 is 1. The lowest BCUT2D eigenvalue weighted by Crippen LogP contribution is -2.38. The average molecular weight is 288 g/mol. The molecule has 0 aliphatic carbocycles. The summed E-state index contributed by atoms with van der Waals surface area (Å²) in [4.78, 5) is 2.71. The van der Waals surface area contributed by atoms with Crippen molar-refractivity contribution in [3.63, 3.8) is 0 Å². The second-order valence-electron chi connectivity index (χ2n) is 6.80. The lowest BCUT2D eigenvalue weighted by Gasteiger charge is -2.31. The lowest BCUT2D eigenvalue weighted by atomic mass is 9.97. The van der Waals surface area contributed by atoms with Gasteiger partial charge in [-0.2, -0.15) is 0 Å². The van der Waals surface area contributed by atoms with E-state index >= 15 is 0 Å². The third-order valence-corrected chi connectivity index (χ3v) is 4.98. The molecule has 3 unspecified atom stereocenters. The minimum atomic E-state index is 0.567. The highest BCUT2D eigenvalue weighted by molar-refractivity contribution is 5.31. The second-order valence-corrected chi connectivity index (χ2v) is 6.80. The molecule has 0 bridgehead atoms. The first-order chi connectivity index (χ1) is 10.3. The molecule has 3 rings (SSSR count). The molecule has 0 radical (unpaired) electrons. The summed E-state index contributed by atoms with van der Waals surface area (Å²) in [5.74, 6) is 2.58. The van der Waals surface area contributed by atoms with Crippen LogP contribution in [0.2, 0.25) is 0 Å². The first-order valence-corrected chi connectivity index (χ1v) is 8.35. The molecule has 0 amide bonds. The van der Waals surface area contributed by atoms with Crippen LogP contribution in [0.25, 0.3) is 0 Å². The monoisotopic (exact) mass is 288 g/mol. The highest BCUT2D eigenvalue weighted by Gasteiger charge is 2.32. The molecule has 1 aromatic rings. The fourth-order valence-electron chi connectivity index (χ4n) is 3.94. The van der Waals surface area contributed by atoms with Crippen molar-refractivity contribution in [2.24, 2.45) is 11.8 Å². The Morgan fingerprint density at radius 3 is 3.05 bits per heavy atom. The molecular formula is C18H28N2O. The number of rotatable bonds is 4. The van der Waals surface area contributed by atoms with Crippen LogP contribution in [0.5, 0.6) is 5.75 Å². The molecule has 3 atom stereocenters. The van der Waals surface area contributed by atoms with E-state index in [1.807, 2.05) is 6.07 Å². The van der Waals surface area contributed by atoms with Gasteiger partial charge < -0.3 is 10.1 Å². The van der Waals surface area contributed by atoms with E-state index in [0.29, 0.717) is 6.04 Å². The molecule has 116 valence electrons. The normalized spacial score (nSPS) is 30.5. The van der Waals surface area contributed by atoms with Crippen molar-refractivity contribution in [2.75, 3.05) is 33.3 Å². The van der Waals surface area contributed by atoms with Gasteiger partial charge in [-0.25, -0.2) is 0 Å². The summed E-state index contributed by atoms with van der Waals surface area (Å²) in [7, 11) is 1.75. The van der Waals surface area contributed by atoms with Crippen LogP contribution in [0, 0.1) is 11.8 Å². The first kappa shape index (κ1) is 14.9. The maximum Gasteiger partial charge on any atom is 0.119 e. The third kappa shape index (κ3) is 3.58. The van der Waals surface area contributed by atoms with E-state index < -0.39 is 0 Å². The molecule has 2 aliphatic heterocycles. The predicted octanol–water partition coefficient (Wildman–Crippen LogP) is 3.08. The standard InChI is InChI=1S/C18H28N2O/c1-14-9-18(16-6-3-7-17(10-16)21-2)20(12-14)13-15-5-4-8-19-11-15/h3,6-7,10,14-15,18-19H,4-5,8-9,11-13H2,1-2H3. The number of piperidine rings is 1. The molecule has 0 saturated carbocycles. The SMILES string of the molecule is COc1cccc(C2CC(C)CN2CC2CCCNC2)c1. The highest BCUT2D eigenvalue weighted by Crippen LogP contribution is 2.37. The largest absolute Gasteiger partial charge is 0.497 e. The number of hydrogen-bond donors (Lipinski definition) is 1. The molecule has 0 aromatic heterocycles. The number of ether oxygens (including phenoxy) is 1. The molecule has 1 aromatic carbocycles. The van der Waals surface area contributed by atoms with Crippen molar-refractivity contribution in [1.29, 1.82) is 0 Å². The smallest absolute Gasteiger partial charge is 0.119 e. The van der Waals surface area contributed by atoms with Crippen molar-refractivity contribution < 1.29 is 4.74 Å². The van der Waals surface area contributed by atoms with Gasteiger partial charge in [0.25, 0.3) is 0 Å². The molecule has 2 saturated heterocycles. The van der Waals surface area contributed by atoms with Gasteiger partial charge in [0.05, 0.1) is 7.11 Å². The minimum absolute atomic E-state index is 0.567. The maximum absolute atomic E-state index is 5.40. The summed E-state index contributed by atoms with van der Waals surface area (Å²) < 4.78 is 5.40. The Balaban J connectivity index is 1.71. The zero-order valence-electron chi connectivity index (χ0n) is 13.3. The quantitative estimate of drug-likeness (QED) is 0.921. The van der Waals surface area contributed by atoms with Crippen LogP contribution in [0.4, 0.5) is 0 Å². The van der Waals surface area contributed by atoms with Gasteiger partial charge in [-0.15, -0.1) is 0 Å². The van der Waals surface area contributed by atoms with Gasteiger partial charge in [0.2, 0.25) is 0 Å². The topological polar surface area (TPSA) is 24.5 Å². The van der Waals surface area contributed by atoms with Gasteiger partial charge in [-0.1, -0.05) is 19.1 Å². The number of hydrogen-bond acceptors (Lipinski definition) is 3. The Hall–Kier alpha value is -1.06. The van der Waals surface area contributed by atoms with Crippen LogP contribution >= 0.6 is 0 Å². The Morgan fingerprint density at radius 2 is 2.29 bits per heavy atom. The van der Waals surface area contributed by atoms with E-state index in [0.717, 1.165) is 17.6 Å². The van der Waals surface area contributed by atoms with Crippen molar-refractivity contribution in [3.8, 4) is 5.75 Å². The molecule has 21 heavy (non-hydrogen) atoms. The van der Waals surface area contributed by atoms with Gasteiger partial charge in [0.1, 0.15) is 5.75 Å². The number of nitrogens with zero attached hydrogens (tertiary/aromatic N) is 1. The van der Waals surface area contributed by atoms with Crippen LogP contribution in [0.1, 0.15) is 37.8 Å². The fraction of sp³-hybridized carbons (Fsp3) is 0.667. The van der Waals surface area contributed by atoms with Gasteiger partial charge in [-0.3, -0.25) is 4.90 Å². The molecular weight excluding hydrogens is 260 g/mol. The molecule has 2 heterocycles. The Morgan fingerprint density at radius 1 is 1.38 bits per heavy atom. The molecule has 2 fully saturated rings. The van der Waals surface area contributed by atoms with E-state index in [1.165, 1.54) is 51.0 Å². The van der Waals surface area contributed by atoms with Crippen molar-refractivity contribution in [2.45, 2.75) is 32.2 Å². The Labute approximate surface area is 128 Å². The van der Waals surface area contributed by atoms with Crippen molar-refractivity contribution in [3.05, 3.63) is 29.8 Å². The summed E-state index contributed by atoms with van der Waals surface area (Å²) in [6, 6.07) is 9.21. The summed E-state index contributed by atoms with van der Waals surface area (Å²) in [5, 5.41) is 3.55. The van der Waals surface area contributed by atoms with Crippen LogP contribution in [-0.4, -0.2) is 38.2 Å². The maximum atomic E-state index is 5.40. The third-order valence-electron chi connectivity index (χ3n) is 4.98. The summed E-state index contributed by atoms with van der Waals surface area (Å²) in [5.41, 5.74) is 1.42. The molecule has 3 nitrogen and oxygen atoms in total. The van der Waals surface area contributed by atoms with Crippen LogP contribution in [0.3, 0.4) is 0 Å². The highest BCUT2D eigenvalue weighted by atomic mass is 16.5. The summed E-state index contributed by atoms with van der Waals surface area (Å²) >= 11 is 0. The van der Waals surface area contributed by atoms with Gasteiger partial charge in [0, 0.05) is 19.1 Å². The van der Waals surface area contributed by atoms with E-state index in [9.17, 15) is 0 Å². The van der Waals surface area contributed by atoms with Gasteiger partial charge in [-0.05, 0) is 61.9 Å². The van der Waals surface area contributed by atoms with E-state index in [1.54, 1.807) is 7.11 Å². The van der Waals surface area contributed by atoms with Crippen molar-refractivity contribution >= 4 is 0 Å². The molecule has 1 N–H and O–H groups in total. The Bertz CT molecular complexity index is 456. The predicted molar refractivity (Wildman–Crippen MR) is 86.7 cm³/mol. The van der Waals surface area contributed by atoms with Crippen molar-refractivity contribution in [1.82, 2.24) is 10.2 Å². The fourth-order valence-corrected chi connectivity index (χ4v) is 3.94. The zero-order valence-corrected chi connectivity index (χ0v) is 13.3. The van der Waals surface area contributed by atoms with E-state index in [2.05, 4.69) is 35.3 Å². The van der Waals surface area contributed by atoms with Crippen LogP contribution in [0.15, 0.2) is 24.3 Å². The zero-order chi connectivity index (χ0) is 14.7. The van der Waals surface area contributed by atoms with E-state index in [4.69, 9.17) is 4.74 Å². The number of benzene rings is 1. The lowest BCUT2D eigenvalue weighted by molar-refractivity contribution is 0.193. The number of nitrogens with one attached hydrogen (secondary N) is 1. The van der Waals surface area contributed by atoms with Crippen LogP contribution < -0.4 is 10.1 Å². The average Bonchev–Trinajstić information content (AvgIpc) is 2.89. The van der Waals surface area contributed by atoms with Gasteiger partial charge in [0.15, 0.2) is 0 Å². The van der Waals surface area contributed by atoms with E-state index in [-0.39, 0.29) is 0 Å². The molecule has 2 aliphatic rings. The number of likely N-dealkylation sites (tertiary alicyclic amines) is 1. The van der Waals surface area contributed by atoms with Gasteiger partial charge >= 0.3 is 0 Å².